The Kier molecular flexibility index (Phi) is 9.30. The number of carbonyl (C=O) groups excluding carboxylic acids is 2. The third-order valence-corrected chi connectivity index (χ3v) is 9.95. The zero-order chi connectivity index (χ0) is 33.4. The van der Waals surface area contributed by atoms with Crippen molar-refractivity contribution < 1.29 is 27.5 Å². The van der Waals surface area contributed by atoms with Gasteiger partial charge in [-0.1, -0.05) is 45.0 Å². The van der Waals surface area contributed by atoms with E-state index in [0.29, 0.717) is 31.5 Å². The molecule has 1 aliphatic carbocycles. The normalized spacial score (nSPS) is 21.0. The summed E-state index contributed by atoms with van der Waals surface area (Å²) in [5.74, 6) is -0.232. The molecule has 0 spiro atoms. The summed E-state index contributed by atoms with van der Waals surface area (Å²) in [7, 11) is -2.81. The van der Waals surface area contributed by atoms with Crippen LogP contribution in [0.15, 0.2) is 53.4 Å². The molecule has 2 amide bonds. The molecule has 11 nitrogen and oxygen atoms in total. The van der Waals surface area contributed by atoms with Gasteiger partial charge in [-0.3, -0.25) is 4.79 Å². The Morgan fingerprint density at radius 3 is 2.39 bits per heavy atom. The summed E-state index contributed by atoms with van der Waals surface area (Å²) in [6.45, 7) is 12.8. The maximum Gasteiger partial charge on any atom is 0.409 e. The van der Waals surface area contributed by atoms with Gasteiger partial charge in [-0.15, -0.1) is 0 Å². The minimum atomic E-state index is -4.17. The Bertz CT molecular complexity index is 1710. The Labute approximate surface area is 271 Å². The Balaban J connectivity index is 1.62. The fourth-order valence-corrected chi connectivity index (χ4v) is 7.46. The number of nitrogens with zero attached hydrogens (tertiary/aromatic N) is 4. The molecule has 12 heteroatoms. The van der Waals surface area contributed by atoms with Crippen molar-refractivity contribution in [2.45, 2.75) is 83.8 Å². The third kappa shape index (κ3) is 6.96. The summed E-state index contributed by atoms with van der Waals surface area (Å²) >= 11 is 0. The van der Waals surface area contributed by atoms with Gasteiger partial charge in [-0.25, -0.2) is 22.9 Å². The van der Waals surface area contributed by atoms with E-state index in [1.807, 2.05) is 43.9 Å². The van der Waals surface area contributed by atoms with Crippen LogP contribution < -0.4 is 9.46 Å². The van der Waals surface area contributed by atoms with Crippen molar-refractivity contribution in [1.82, 2.24) is 19.8 Å². The fourth-order valence-electron chi connectivity index (χ4n) is 6.47. The largest absolute Gasteiger partial charge is 0.475 e. The molecule has 1 aliphatic heterocycles. The number of sulfonamides is 1. The smallest absolute Gasteiger partial charge is 0.409 e. The predicted molar refractivity (Wildman–Crippen MR) is 175 cm³/mol. The van der Waals surface area contributed by atoms with Crippen LogP contribution in [-0.4, -0.2) is 78.6 Å². The molecule has 1 N–H and O–H groups in total. The second kappa shape index (κ2) is 12.9. The number of aryl methyl sites for hydroxylation is 2. The fraction of sp³-hybridized carbons (Fsp3) is 0.471. The Morgan fingerprint density at radius 1 is 1.09 bits per heavy atom. The zero-order valence-corrected chi connectivity index (χ0v) is 28.3. The maximum atomic E-state index is 14.4. The first-order valence-electron chi connectivity index (χ1n) is 15.6. The second-order valence-corrected chi connectivity index (χ2v) is 15.0. The topological polar surface area (TPSA) is 131 Å². The summed E-state index contributed by atoms with van der Waals surface area (Å²) in [6.07, 6.45) is 1.32. The van der Waals surface area contributed by atoms with Crippen molar-refractivity contribution in [1.29, 1.82) is 0 Å². The monoisotopic (exact) mass is 649 g/mol. The zero-order valence-electron chi connectivity index (χ0n) is 27.5. The number of benzene rings is 2. The minimum absolute atomic E-state index is 0.0807. The Morgan fingerprint density at radius 2 is 1.76 bits per heavy atom. The van der Waals surface area contributed by atoms with E-state index in [1.54, 1.807) is 23.1 Å². The van der Waals surface area contributed by atoms with Crippen LogP contribution in [-0.2, 0) is 14.8 Å². The lowest BCUT2D eigenvalue weighted by molar-refractivity contribution is -0.00399. The quantitative estimate of drug-likeness (QED) is 0.366. The molecular weight excluding hydrogens is 606 g/mol. The lowest BCUT2D eigenvalue weighted by Crippen LogP contribution is -2.60. The van der Waals surface area contributed by atoms with Gasteiger partial charge in [0.25, 0.3) is 15.9 Å². The number of hydrogen-bond donors (Lipinski definition) is 1. The molecule has 2 aliphatic rings. The summed E-state index contributed by atoms with van der Waals surface area (Å²) in [6, 6.07) is 13.0. The van der Waals surface area contributed by atoms with Gasteiger partial charge in [-0.05, 0) is 74.8 Å². The number of anilines is 1. The van der Waals surface area contributed by atoms with Crippen molar-refractivity contribution >= 4 is 28.0 Å². The van der Waals surface area contributed by atoms with Crippen molar-refractivity contribution in [2.24, 2.45) is 5.41 Å². The molecule has 5 rings (SSSR count). The van der Waals surface area contributed by atoms with Gasteiger partial charge in [0.15, 0.2) is 0 Å². The van der Waals surface area contributed by atoms with E-state index in [2.05, 4.69) is 35.5 Å². The first kappa shape index (κ1) is 33.2. The van der Waals surface area contributed by atoms with Gasteiger partial charge < -0.3 is 19.3 Å². The molecule has 0 radical (unpaired) electrons. The highest BCUT2D eigenvalue weighted by Crippen LogP contribution is 2.37. The Hall–Kier alpha value is -4.19. The van der Waals surface area contributed by atoms with Gasteiger partial charge in [0, 0.05) is 35.8 Å². The van der Waals surface area contributed by atoms with Crippen molar-refractivity contribution in [2.75, 3.05) is 25.0 Å². The van der Waals surface area contributed by atoms with Crippen LogP contribution >= 0.6 is 0 Å². The second-order valence-electron chi connectivity index (χ2n) is 13.3. The molecule has 3 aromatic rings. The van der Waals surface area contributed by atoms with Crippen LogP contribution in [0.4, 0.5) is 10.7 Å². The molecule has 1 atom stereocenters. The SMILES string of the molecule is CCN(C(=O)OC)C1CC(N2C(=O)c3cccc(c3)S(=O)(=O)Nc3nc(cc(-c4c(C)cccc4C)n3)OC[C@H]2CC(C)(C)C)C1. The van der Waals surface area contributed by atoms with Gasteiger partial charge in [0.2, 0.25) is 11.8 Å². The van der Waals surface area contributed by atoms with Crippen LogP contribution in [0.5, 0.6) is 5.88 Å². The van der Waals surface area contributed by atoms with E-state index < -0.39 is 16.1 Å². The third-order valence-electron chi connectivity index (χ3n) is 8.63. The highest BCUT2D eigenvalue weighted by molar-refractivity contribution is 7.92. The highest BCUT2D eigenvalue weighted by Gasteiger charge is 2.44. The number of carbonyl (C=O) groups is 2. The molecule has 2 aromatic carbocycles. The summed E-state index contributed by atoms with van der Waals surface area (Å²) in [5.41, 5.74) is 3.38. The highest BCUT2D eigenvalue weighted by atomic mass is 32.2. The van der Waals surface area contributed by atoms with E-state index in [-0.39, 0.29) is 58.3 Å². The predicted octanol–water partition coefficient (Wildman–Crippen LogP) is 5.82. The molecule has 2 heterocycles. The first-order chi connectivity index (χ1) is 21.7. The lowest BCUT2D eigenvalue weighted by Gasteiger charge is -2.49. The van der Waals surface area contributed by atoms with Crippen molar-refractivity contribution in [3.8, 4) is 17.1 Å². The van der Waals surface area contributed by atoms with Crippen molar-refractivity contribution in [3.05, 3.63) is 65.2 Å². The molecule has 246 valence electrons. The summed E-state index contributed by atoms with van der Waals surface area (Å²) < 4.78 is 41.1. The van der Waals surface area contributed by atoms with Crippen LogP contribution in [0.1, 0.15) is 68.4 Å². The van der Waals surface area contributed by atoms with Crippen LogP contribution in [0.2, 0.25) is 0 Å². The van der Waals surface area contributed by atoms with Crippen molar-refractivity contribution in [3.63, 3.8) is 0 Å². The molecule has 1 saturated carbocycles. The molecule has 0 saturated heterocycles. The van der Waals surface area contributed by atoms with Gasteiger partial charge in [0.05, 0.1) is 23.7 Å². The molecule has 1 aromatic heterocycles. The molecule has 0 unspecified atom stereocenters. The van der Waals surface area contributed by atoms with Gasteiger partial charge >= 0.3 is 6.09 Å². The first-order valence-corrected chi connectivity index (χ1v) is 17.1. The molecule has 1 fully saturated rings. The number of nitrogens with one attached hydrogen (secondary N) is 1. The minimum Gasteiger partial charge on any atom is -0.475 e. The number of fused-ring (bicyclic) bond motifs is 4. The van der Waals surface area contributed by atoms with Crippen LogP contribution in [0.25, 0.3) is 11.3 Å². The number of methoxy groups -OCH3 is 1. The average molecular weight is 650 g/mol. The van der Waals surface area contributed by atoms with Gasteiger partial charge in [-0.2, -0.15) is 4.98 Å². The lowest BCUT2D eigenvalue weighted by atomic mass is 9.81. The number of amides is 2. The van der Waals surface area contributed by atoms with Crippen LogP contribution in [0, 0.1) is 19.3 Å². The standard InChI is InChI=1S/C34H43N5O6S/c1-8-38(33(41)44-7)24-16-25(17-24)39-26(19-34(4,5)6)20-45-29-18-28(30-21(2)11-9-12-22(30)3)35-32(36-29)37-46(42,43)27-14-10-13-23(15-27)31(39)40/h9-15,18,24-26H,8,16-17,19-20H2,1-7H3,(H,35,36,37)/t24?,25?,26-/m1/s1. The number of rotatable bonds is 5. The number of ether oxygens (including phenoxy) is 2. The summed E-state index contributed by atoms with van der Waals surface area (Å²) in [4.78, 5) is 39.3. The van der Waals surface area contributed by atoms with E-state index in [9.17, 15) is 18.0 Å². The average Bonchev–Trinajstić information content (AvgIpc) is 2.97. The maximum absolute atomic E-state index is 14.4. The number of aromatic nitrogens is 2. The summed E-state index contributed by atoms with van der Waals surface area (Å²) in [5, 5.41) is 0. The van der Waals surface area contributed by atoms with Crippen LogP contribution in [0.3, 0.4) is 0 Å². The van der Waals surface area contributed by atoms with E-state index >= 15 is 0 Å². The molecular formula is C34H43N5O6S. The number of hydrogen-bond acceptors (Lipinski definition) is 8. The van der Waals surface area contributed by atoms with Gasteiger partial charge in [0.1, 0.15) is 6.61 Å². The van der Waals surface area contributed by atoms with E-state index in [0.717, 1.165) is 16.7 Å². The van der Waals surface area contributed by atoms with E-state index in [1.165, 1.54) is 19.2 Å². The molecule has 4 bridgehead atoms. The van der Waals surface area contributed by atoms with E-state index in [4.69, 9.17) is 9.47 Å². The molecule has 46 heavy (non-hydrogen) atoms.